The predicted octanol–water partition coefficient (Wildman–Crippen LogP) is 12.3. The summed E-state index contributed by atoms with van der Waals surface area (Å²) in [7, 11) is 0. The number of ether oxygens (including phenoxy) is 5. The van der Waals surface area contributed by atoms with Gasteiger partial charge in [0.15, 0.2) is 0 Å². The quantitative estimate of drug-likeness (QED) is 0.0128. The van der Waals surface area contributed by atoms with Crippen molar-refractivity contribution in [3.05, 3.63) is 235 Å². The number of aliphatic hydroxyl groups excluding tert-OH is 5. The number of aliphatic hydroxyl groups is 5. The smallest absolute Gasteiger partial charge is 0.306 e. The summed E-state index contributed by atoms with van der Waals surface area (Å²) < 4.78 is 40.1. The van der Waals surface area contributed by atoms with Crippen LogP contribution in [-0.2, 0) is 82.5 Å². The predicted molar refractivity (Wildman–Crippen MR) is 498 cm³/mol. The minimum atomic E-state index is -1.03. The van der Waals surface area contributed by atoms with E-state index in [1.807, 2.05) is 64.1 Å². The fourth-order valence-corrected chi connectivity index (χ4v) is 13.5. The Labute approximate surface area is 748 Å². The van der Waals surface area contributed by atoms with E-state index in [1.54, 1.807) is 0 Å². The molecule has 29 nitrogen and oxygen atoms in total. The van der Waals surface area contributed by atoms with Crippen molar-refractivity contribution in [2.24, 2.45) is 17.2 Å². The van der Waals surface area contributed by atoms with Crippen molar-refractivity contribution in [2.45, 2.75) is 238 Å². The summed E-state index contributed by atoms with van der Waals surface area (Å²) in [4.78, 5) is 53.2. The molecule has 0 amide bonds. The number of Topliss-reactive ketones (excluding diaryl/α,β-unsaturated/α-hetero) is 2. The summed E-state index contributed by atoms with van der Waals surface area (Å²) in [5.74, 6) is 3.06. The molecule has 0 bridgehead atoms. The van der Waals surface area contributed by atoms with E-state index < -0.39 is 24.3 Å². The second kappa shape index (κ2) is 58.0. The van der Waals surface area contributed by atoms with Crippen LogP contribution in [0.5, 0.6) is 0 Å². The standard InChI is InChI=1S/C36H45N5O2.C18H27N5O2.C13H15BrN2.C10H17NO2.C6H10O2.C4H9NO3.C4H11NO2.C4H8O/c1-24-17-32(37-35(19-24)40-28(5)11-12-29(40)6)15-16-42-23-34(21-39-26(3)9-10-27(39)4)43-22-33-18-25(2)20-36(38-33)41-30(7)13-14-31(41)8;1-12-5-14(22-17(20)7-12)3-4-24-11-16(9-19)25-10-15-6-13(2)8-18(21)23-15;1-9-6-12(8-14)15-13(7-9)16-10(2)4-5-11(16)3;1-8-3-4-9(2)11(8)7-10(13)5-6-12;1-5(7)3-4-6(2)8;5-2-3(6)1-4(7)8;5-3-4(7)1-2-6;1-2-4-5-3-1/h9-14,17-20,34H,15-16,21-23H2,1-8H3;5-8,16H,3-4,9-11,19H2,1-2H3,(H2,20,22)(H2,21,23);4-7H,8H2,1-3H3;3-4,10,12-13H,5-7H2,1-2H3;3-4H2,1-2H3;3,6H,1-2,5H2,(H,7,8);4,6-7H,1-3,5H2;1-4H2/t34-;16-;;10-;;3-;4-;/m11.0.00./s1. The number of alkyl halides is 1. The Balaban J connectivity index is 0.000000337. The van der Waals surface area contributed by atoms with Crippen molar-refractivity contribution in [3.63, 3.8) is 0 Å². The molecule has 30 heteroatoms. The Bertz CT molecular complexity index is 4680. The van der Waals surface area contributed by atoms with E-state index in [-0.39, 0.29) is 56.5 Å². The second-order valence-corrected chi connectivity index (χ2v) is 32.1. The number of rotatable bonds is 36. The summed E-state index contributed by atoms with van der Waals surface area (Å²) >= 11 is 3.45. The Morgan fingerprint density at radius 3 is 1.10 bits per heavy atom. The molecule has 0 spiro atoms. The van der Waals surface area contributed by atoms with Gasteiger partial charge in [0.1, 0.15) is 40.7 Å². The van der Waals surface area contributed by atoms with Crippen molar-refractivity contribution in [1.82, 2.24) is 47.8 Å². The van der Waals surface area contributed by atoms with Crippen LogP contribution in [0.1, 0.15) is 172 Å². The van der Waals surface area contributed by atoms with Crippen LogP contribution < -0.4 is 28.7 Å². The lowest BCUT2D eigenvalue weighted by molar-refractivity contribution is -0.139. The molecule has 11 heterocycles. The number of aromatic nitrogens is 10. The highest BCUT2D eigenvalue weighted by Crippen LogP contribution is 2.23. The van der Waals surface area contributed by atoms with Gasteiger partial charge in [0.25, 0.3) is 0 Å². The highest BCUT2D eigenvalue weighted by atomic mass is 79.9. The lowest BCUT2D eigenvalue weighted by Gasteiger charge is -2.21. The molecule has 0 aromatic carbocycles. The molecule has 0 aliphatic carbocycles. The summed E-state index contributed by atoms with van der Waals surface area (Å²) in [5.41, 5.74) is 49.5. The molecule has 1 saturated heterocycles. The van der Waals surface area contributed by atoms with Crippen molar-refractivity contribution >= 4 is 45.1 Å². The molecular weight excluding hydrogens is 1660 g/mol. The number of halogens is 1. The number of aryl methyl sites for hydroxylation is 15. The van der Waals surface area contributed by atoms with Crippen LogP contribution >= 0.6 is 15.9 Å². The van der Waals surface area contributed by atoms with Crippen molar-refractivity contribution in [3.8, 4) is 17.5 Å². The number of carboxylic acid groups (broad SMARTS) is 1. The van der Waals surface area contributed by atoms with E-state index in [1.165, 1.54) is 83.4 Å². The SMILES string of the molecule is C1CCOC1.CC(=O)CCC(C)=O.Cc1cc(CBr)nc(-n2c(C)ccc2C)c1.Cc1cc(CCOC[C@@H](Cn2c(C)ccc2C)OCc2cc(C)cc(-n3c(C)ccc3C)n2)nc(-n2c(C)ccc2C)c1.Cc1cc(N)nc(CCOC[C@@H](CN)OCc2cc(C)cc(N)n2)c1.Cc1ccc(C)n1C[C@@H](O)CCO.NC[C@@H](O)CC(=O)O.NC[C@@H](O)CCO. The van der Waals surface area contributed by atoms with Crippen LogP contribution in [0.4, 0.5) is 11.6 Å². The number of carboxylic acids is 1. The lowest BCUT2D eigenvalue weighted by Crippen LogP contribution is -2.29. The summed E-state index contributed by atoms with van der Waals surface area (Å²) in [6.45, 7) is 41.0. The molecule has 1 fully saturated rings. The minimum absolute atomic E-state index is 0.00625. The maximum Gasteiger partial charge on any atom is 0.306 e. The number of hydrogen-bond acceptors (Lipinski definition) is 23. The first kappa shape index (κ1) is 108. The van der Waals surface area contributed by atoms with Crippen molar-refractivity contribution < 1.29 is 68.7 Å². The Morgan fingerprint density at radius 1 is 0.432 bits per heavy atom. The third-order valence-electron chi connectivity index (χ3n) is 19.7. The fourth-order valence-electron chi connectivity index (χ4n) is 13.2. The molecule has 10 aromatic heterocycles. The summed E-state index contributed by atoms with van der Waals surface area (Å²) in [5, 5.41) is 52.2. The van der Waals surface area contributed by atoms with E-state index in [4.69, 9.17) is 87.9 Å². The molecule has 1 aliphatic heterocycles. The highest BCUT2D eigenvalue weighted by molar-refractivity contribution is 9.08. The lowest BCUT2D eigenvalue weighted by atomic mass is 10.2. The molecule has 0 unspecified atom stereocenters. The number of aliphatic carboxylic acids is 1. The van der Waals surface area contributed by atoms with Gasteiger partial charge in [-0.25, -0.2) is 24.9 Å². The van der Waals surface area contributed by atoms with Crippen LogP contribution in [0.15, 0.2) is 121 Å². The van der Waals surface area contributed by atoms with Crippen LogP contribution in [0.3, 0.4) is 0 Å². The minimum Gasteiger partial charge on any atom is -0.481 e. The number of nitrogen functional groups attached to an aromatic ring is 2. The number of nitrogens with zero attached hydrogens (tertiary/aromatic N) is 10. The first-order chi connectivity index (χ1) is 59.4. The molecule has 688 valence electrons. The maximum atomic E-state index is 10.2. The van der Waals surface area contributed by atoms with Crippen molar-refractivity contribution in [1.29, 1.82) is 0 Å². The van der Waals surface area contributed by atoms with Gasteiger partial charge in [0, 0.05) is 152 Å². The van der Waals surface area contributed by atoms with Crippen LogP contribution in [0.25, 0.3) is 17.5 Å². The zero-order chi connectivity index (χ0) is 92.8. The van der Waals surface area contributed by atoms with Gasteiger partial charge < -0.3 is 115 Å². The van der Waals surface area contributed by atoms with Crippen molar-refractivity contribution in [2.75, 3.05) is 84.0 Å². The Morgan fingerprint density at radius 2 is 0.760 bits per heavy atom. The van der Waals surface area contributed by atoms with Crippen LogP contribution in [0, 0.1) is 104 Å². The Hall–Kier alpha value is -9.48. The van der Waals surface area contributed by atoms with E-state index in [0.29, 0.717) is 96.5 Å². The van der Waals surface area contributed by atoms with E-state index in [2.05, 4.69) is 215 Å². The third-order valence-corrected chi connectivity index (χ3v) is 20.3. The maximum absolute atomic E-state index is 10.2. The molecule has 16 N–H and O–H groups in total. The van der Waals surface area contributed by atoms with Gasteiger partial charge in [-0.2, -0.15) is 0 Å². The normalized spacial score (nSPS) is 12.6. The van der Waals surface area contributed by atoms with E-state index >= 15 is 0 Å². The molecule has 5 atom stereocenters. The van der Waals surface area contributed by atoms with Crippen LogP contribution in [0.2, 0.25) is 0 Å². The topological polar surface area (TPSA) is 438 Å². The zero-order valence-electron chi connectivity index (χ0n) is 76.8. The molecule has 11 rings (SSSR count). The highest BCUT2D eigenvalue weighted by Gasteiger charge is 2.19. The summed E-state index contributed by atoms with van der Waals surface area (Å²) in [6, 6.07) is 41.5. The number of ketones is 2. The molecular formula is C95H142BrN15O14. The van der Waals surface area contributed by atoms with Crippen LogP contribution in [-0.4, -0.2) is 199 Å². The Kier molecular flexibility index (Phi) is 50.0. The monoisotopic (exact) mass is 1800 g/mol. The first-order valence-corrected chi connectivity index (χ1v) is 43.7. The number of hydrogen-bond donors (Lipinski definition) is 11. The average molecular weight is 1800 g/mol. The van der Waals surface area contributed by atoms with Gasteiger partial charge >= 0.3 is 5.97 Å². The van der Waals surface area contributed by atoms with E-state index in [9.17, 15) is 19.5 Å². The first-order valence-electron chi connectivity index (χ1n) is 42.6. The van der Waals surface area contributed by atoms with Gasteiger partial charge in [-0.15, -0.1) is 0 Å². The van der Waals surface area contributed by atoms with Gasteiger partial charge in [-0.1, -0.05) is 15.9 Å². The second-order valence-electron chi connectivity index (χ2n) is 31.6. The molecule has 0 radical (unpaired) electrons. The molecule has 10 aromatic rings. The number of carbonyl (C=O) groups excluding carboxylic acids is 2. The summed E-state index contributed by atoms with van der Waals surface area (Å²) in [6.07, 6.45) is 3.15. The third kappa shape index (κ3) is 41.2. The van der Waals surface area contributed by atoms with Gasteiger partial charge in [-0.05, 0) is 293 Å². The van der Waals surface area contributed by atoms with Gasteiger partial charge in [0.2, 0.25) is 0 Å². The molecule has 125 heavy (non-hydrogen) atoms. The number of anilines is 2. The number of nitrogens with two attached hydrogens (primary N) is 5. The zero-order valence-corrected chi connectivity index (χ0v) is 78.4. The number of pyridine rings is 5. The molecule has 0 saturated carbocycles. The number of carbonyl (C=O) groups is 3. The average Bonchev–Trinajstić information content (AvgIpc) is 1.13. The largest absolute Gasteiger partial charge is 0.481 e. The molecule has 1 aliphatic rings. The van der Waals surface area contributed by atoms with Gasteiger partial charge in [-0.3, -0.25) is 4.79 Å². The van der Waals surface area contributed by atoms with E-state index in [0.717, 1.165) is 106 Å². The fraction of sp³-hybridized carbons (Fsp3) is 0.495. The van der Waals surface area contributed by atoms with Gasteiger partial charge in [0.05, 0.1) is 100 Å².